The van der Waals surface area contributed by atoms with Gasteiger partial charge in [0.2, 0.25) is 0 Å². The van der Waals surface area contributed by atoms with Crippen LogP contribution in [0.4, 0.5) is 0 Å². The lowest BCUT2D eigenvalue weighted by Gasteiger charge is -2.18. The first-order chi connectivity index (χ1) is 3.56. The van der Waals surface area contributed by atoms with E-state index in [2.05, 4.69) is 28.6 Å². The maximum Gasteiger partial charge on any atom is 0.104 e. The first-order valence-electron chi connectivity index (χ1n) is 3.20. The van der Waals surface area contributed by atoms with Crippen LogP contribution in [0.25, 0.3) is 0 Å². The molecule has 1 nitrogen and oxygen atoms in total. The Morgan fingerprint density at radius 3 is 2.00 bits per heavy atom. The number of hydrogen-bond acceptors (Lipinski definition) is 1. The summed E-state index contributed by atoms with van der Waals surface area (Å²) in [5, 5.41) is 0. The van der Waals surface area contributed by atoms with Crippen LogP contribution in [0.2, 0.25) is 6.32 Å². The van der Waals surface area contributed by atoms with E-state index in [4.69, 9.17) is 4.74 Å². The Hall–Kier alpha value is 0.0249. The number of ether oxygens (including phenoxy) is 1. The van der Waals surface area contributed by atoms with Gasteiger partial charge < -0.3 is 4.74 Å². The third-order valence-electron chi connectivity index (χ3n) is 0.739. The molecule has 48 valence electrons. The normalized spacial score (nSPS) is 11.9. The minimum atomic E-state index is 0.0516. The van der Waals surface area contributed by atoms with Crippen LogP contribution in [-0.2, 0) is 4.74 Å². The van der Waals surface area contributed by atoms with Gasteiger partial charge in [-0.15, -0.1) is 0 Å². The van der Waals surface area contributed by atoms with Crippen molar-refractivity contribution >= 4 is 7.85 Å². The van der Waals surface area contributed by atoms with Crippen molar-refractivity contribution in [2.24, 2.45) is 0 Å². The fourth-order valence-corrected chi connectivity index (χ4v) is 0.408. The van der Waals surface area contributed by atoms with Crippen molar-refractivity contribution in [3.8, 4) is 0 Å². The second-order valence-electron chi connectivity index (χ2n) is 2.96. The second-order valence-corrected chi connectivity index (χ2v) is 2.96. The molecule has 0 saturated carbocycles. The van der Waals surface area contributed by atoms with Crippen LogP contribution in [0, 0.1) is 0 Å². The van der Waals surface area contributed by atoms with Crippen molar-refractivity contribution in [2.45, 2.75) is 32.7 Å². The summed E-state index contributed by atoms with van der Waals surface area (Å²) in [6, 6.07) is 0. The molecule has 0 atom stereocenters. The van der Waals surface area contributed by atoms with Gasteiger partial charge in [-0.2, -0.15) is 0 Å². The molecule has 0 aromatic heterocycles. The Labute approximate surface area is 52.8 Å². The van der Waals surface area contributed by atoms with Gasteiger partial charge in [-0.3, -0.25) is 0 Å². The summed E-state index contributed by atoms with van der Waals surface area (Å²) in [7, 11) is 2.12. The second kappa shape index (κ2) is 3.13. The molecule has 0 unspecified atom stereocenters. The van der Waals surface area contributed by atoms with E-state index in [9.17, 15) is 0 Å². The van der Waals surface area contributed by atoms with Crippen LogP contribution in [-0.4, -0.2) is 20.1 Å². The third-order valence-corrected chi connectivity index (χ3v) is 0.739. The van der Waals surface area contributed by atoms with Crippen LogP contribution in [0.1, 0.15) is 20.8 Å². The highest BCUT2D eigenvalue weighted by Gasteiger charge is 2.07. The zero-order chi connectivity index (χ0) is 6.62. The summed E-state index contributed by atoms with van der Waals surface area (Å²) in [5.41, 5.74) is 0.0516. The van der Waals surface area contributed by atoms with Crippen LogP contribution >= 0.6 is 0 Å². The van der Waals surface area contributed by atoms with Gasteiger partial charge in [0.25, 0.3) is 0 Å². The molecule has 0 aromatic carbocycles. The van der Waals surface area contributed by atoms with Gasteiger partial charge in [-0.05, 0) is 20.8 Å². The van der Waals surface area contributed by atoms with Gasteiger partial charge in [0.15, 0.2) is 0 Å². The molecule has 0 rings (SSSR count). The van der Waals surface area contributed by atoms with Gasteiger partial charge in [0.05, 0.1) is 5.60 Å². The molecule has 0 aliphatic rings. The molecule has 0 radical (unpaired) electrons. The highest BCUT2D eigenvalue weighted by molar-refractivity contribution is 6.08. The van der Waals surface area contributed by atoms with Gasteiger partial charge in [0, 0.05) is 6.61 Å². The van der Waals surface area contributed by atoms with E-state index in [0.717, 1.165) is 12.9 Å². The van der Waals surface area contributed by atoms with E-state index in [1.807, 2.05) is 0 Å². The maximum absolute atomic E-state index is 5.38. The average molecular weight is 114 g/mol. The van der Waals surface area contributed by atoms with Crippen LogP contribution in [0.15, 0.2) is 0 Å². The minimum Gasteiger partial charge on any atom is -0.377 e. The van der Waals surface area contributed by atoms with Gasteiger partial charge in [-0.1, -0.05) is 6.32 Å². The summed E-state index contributed by atoms with van der Waals surface area (Å²) in [4.78, 5) is 0. The van der Waals surface area contributed by atoms with Crippen molar-refractivity contribution in [2.75, 3.05) is 6.61 Å². The first kappa shape index (κ1) is 8.02. The van der Waals surface area contributed by atoms with Crippen LogP contribution in [0.3, 0.4) is 0 Å². The van der Waals surface area contributed by atoms with Crippen molar-refractivity contribution in [3.05, 3.63) is 0 Å². The summed E-state index contributed by atoms with van der Waals surface area (Å²) in [5.74, 6) is 0. The molecule has 2 heteroatoms. The fourth-order valence-electron chi connectivity index (χ4n) is 0.408. The predicted molar refractivity (Wildman–Crippen MR) is 39.1 cm³/mol. The van der Waals surface area contributed by atoms with Gasteiger partial charge in [-0.25, -0.2) is 0 Å². The lowest BCUT2D eigenvalue weighted by atomic mass is 10.1. The van der Waals surface area contributed by atoms with E-state index in [-0.39, 0.29) is 5.60 Å². The minimum absolute atomic E-state index is 0.0516. The molecule has 0 amide bonds. The average Bonchev–Trinajstić information content (AvgIpc) is 1.59. The van der Waals surface area contributed by atoms with Gasteiger partial charge >= 0.3 is 0 Å². The van der Waals surface area contributed by atoms with Crippen LogP contribution in [0.5, 0.6) is 0 Å². The summed E-state index contributed by atoms with van der Waals surface area (Å²) in [6.07, 6.45) is 1.11. The molecule has 0 heterocycles. The van der Waals surface area contributed by atoms with Crippen LogP contribution < -0.4 is 0 Å². The zero-order valence-electron chi connectivity index (χ0n) is 6.32. The predicted octanol–water partition coefficient (Wildman–Crippen LogP) is 0.853. The molecule has 8 heavy (non-hydrogen) atoms. The molecule has 0 N–H and O–H groups in total. The Morgan fingerprint density at radius 1 is 1.38 bits per heavy atom. The van der Waals surface area contributed by atoms with Crippen molar-refractivity contribution in [1.29, 1.82) is 0 Å². The van der Waals surface area contributed by atoms with Crippen molar-refractivity contribution < 1.29 is 4.74 Å². The first-order valence-corrected chi connectivity index (χ1v) is 3.20. The van der Waals surface area contributed by atoms with E-state index in [1.165, 1.54) is 0 Å². The molecule has 0 bridgehead atoms. The zero-order valence-corrected chi connectivity index (χ0v) is 6.32. The topological polar surface area (TPSA) is 9.23 Å². The van der Waals surface area contributed by atoms with Crippen molar-refractivity contribution in [1.82, 2.24) is 0 Å². The lowest BCUT2D eigenvalue weighted by molar-refractivity contribution is 0.00554. The molecule has 0 saturated heterocycles. The SMILES string of the molecule is BCCOC(C)(C)C. The molecule has 0 fully saturated rings. The summed E-state index contributed by atoms with van der Waals surface area (Å²) < 4.78 is 5.38. The highest BCUT2D eigenvalue weighted by atomic mass is 16.5. The Kier molecular flexibility index (Phi) is 3.14. The fraction of sp³-hybridized carbons (Fsp3) is 1.00. The standard InChI is InChI=1S/C6H15BO/c1-6(2,3)8-5-4-7/h4-5,7H2,1-3H3. The Bertz CT molecular complexity index is 56.0. The van der Waals surface area contributed by atoms with E-state index < -0.39 is 0 Å². The Morgan fingerprint density at radius 2 is 1.88 bits per heavy atom. The molecular formula is C6H15BO. The monoisotopic (exact) mass is 114 g/mol. The lowest BCUT2D eigenvalue weighted by Crippen LogP contribution is -2.19. The molecular weight excluding hydrogens is 98.9 g/mol. The summed E-state index contributed by atoms with van der Waals surface area (Å²) >= 11 is 0. The quantitative estimate of drug-likeness (QED) is 0.483. The largest absolute Gasteiger partial charge is 0.377 e. The molecule has 0 spiro atoms. The molecule has 0 aromatic rings. The Balaban J connectivity index is 3.11. The molecule has 0 aliphatic heterocycles. The van der Waals surface area contributed by atoms with Gasteiger partial charge in [0.1, 0.15) is 7.85 Å². The van der Waals surface area contributed by atoms with E-state index in [0.29, 0.717) is 0 Å². The third kappa shape index (κ3) is 6.02. The maximum atomic E-state index is 5.38. The van der Waals surface area contributed by atoms with Crippen molar-refractivity contribution in [3.63, 3.8) is 0 Å². The highest BCUT2D eigenvalue weighted by Crippen LogP contribution is 2.05. The summed E-state index contributed by atoms with van der Waals surface area (Å²) in [6.45, 7) is 7.09. The van der Waals surface area contributed by atoms with E-state index in [1.54, 1.807) is 0 Å². The van der Waals surface area contributed by atoms with E-state index >= 15 is 0 Å². The molecule has 0 aliphatic carbocycles. The number of rotatable bonds is 2. The smallest absolute Gasteiger partial charge is 0.104 e. The number of hydrogen-bond donors (Lipinski definition) is 0.